The van der Waals surface area contributed by atoms with Gasteiger partial charge in [0.05, 0.1) is 12.0 Å². The molecule has 3 fully saturated rings. The van der Waals surface area contributed by atoms with E-state index in [9.17, 15) is 4.79 Å². The zero-order valence-electron chi connectivity index (χ0n) is 6.32. The van der Waals surface area contributed by atoms with Crippen molar-refractivity contribution in [2.24, 2.45) is 5.92 Å². The van der Waals surface area contributed by atoms with E-state index < -0.39 is 0 Å². The second-order valence-electron chi connectivity index (χ2n) is 3.69. The number of rotatable bonds is 0. The van der Waals surface area contributed by atoms with Gasteiger partial charge < -0.3 is 4.74 Å². The summed E-state index contributed by atoms with van der Waals surface area (Å²) in [6, 6.07) is 0.461. The Labute approximate surface area is 65.3 Å². The zero-order valence-corrected chi connectivity index (χ0v) is 6.32. The van der Waals surface area contributed by atoms with Crippen LogP contribution in [0, 0.1) is 5.92 Å². The van der Waals surface area contributed by atoms with Crippen LogP contribution in [0.4, 0.5) is 0 Å². The first-order valence-corrected chi connectivity index (χ1v) is 4.31. The first-order valence-electron chi connectivity index (χ1n) is 4.31. The zero-order chi connectivity index (χ0) is 7.42. The molecule has 0 saturated carbocycles. The van der Waals surface area contributed by atoms with Gasteiger partial charge in [-0.15, -0.1) is 0 Å². The summed E-state index contributed by atoms with van der Waals surface area (Å²) in [5, 5.41) is 0. The van der Waals surface area contributed by atoms with Crippen LogP contribution in [-0.2, 0) is 9.53 Å². The maximum absolute atomic E-state index is 11.2. The van der Waals surface area contributed by atoms with Crippen molar-refractivity contribution < 1.29 is 9.53 Å². The van der Waals surface area contributed by atoms with E-state index in [1.165, 1.54) is 0 Å². The Morgan fingerprint density at radius 1 is 1.36 bits per heavy atom. The van der Waals surface area contributed by atoms with Crippen molar-refractivity contribution in [3.63, 3.8) is 0 Å². The van der Waals surface area contributed by atoms with Crippen molar-refractivity contribution in [2.45, 2.75) is 25.0 Å². The van der Waals surface area contributed by atoms with E-state index in [4.69, 9.17) is 4.74 Å². The molecule has 3 nitrogen and oxygen atoms in total. The summed E-state index contributed by atoms with van der Waals surface area (Å²) in [6.45, 7) is 2.25. The molecular formula is C8H11NO2. The molecule has 0 radical (unpaired) electrons. The fourth-order valence-electron chi connectivity index (χ4n) is 2.72. The largest absolute Gasteiger partial charge is 0.460 e. The molecule has 3 saturated heterocycles. The van der Waals surface area contributed by atoms with Crippen LogP contribution in [0.2, 0.25) is 0 Å². The highest BCUT2D eigenvalue weighted by molar-refractivity contribution is 5.76. The summed E-state index contributed by atoms with van der Waals surface area (Å²) in [5.74, 6) is 0.282. The Hall–Kier alpha value is -0.570. The number of carbonyl (C=O) groups is 1. The Bertz CT molecular complexity index is 216. The standard InChI is InChI=1S/C8H11NO2/c10-8-5-1-3-9-4-2-6(11-8)7(5)9/h5-7H,1-4H2. The molecule has 3 atom stereocenters. The molecule has 0 amide bonds. The Morgan fingerprint density at radius 3 is 3.09 bits per heavy atom. The summed E-state index contributed by atoms with van der Waals surface area (Å²) in [4.78, 5) is 13.6. The lowest BCUT2D eigenvalue weighted by atomic mass is 10.0. The molecule has 0 N–H and O–H groups in total. The molecule has 0 aromatic heterocycles. The molecule has 0 aliphatic carbocycles. The molecule has 3 unspecified atom stereocenters. The van der Waals surface area contributed by atoms with Gasteiger partial charge in [0.1, 0.15) is 6.10 Å². The van der Waals surface area contributed by atoms with Crippen molar-refractivity contribution in [1.29, 1.82) is 0 Å². The number of esters is 1. The van der Waals surface area contributed by atoms with Crippen LogP contribution in [0.5, 0.6) is 0 Å². The number of ether oxygens (including phenoxy) is 1. The Kier molecular flexibility index (Phi) is 0.969. The molecule has 0 bridgehead atoms. The predicted octanol–water partition coefficient (Wildman–Crippen LogP) is 0.00600. The van der Waals surface area contributed by atoms with Crippen LogP contribution in [0.15, 0.2) is 0 Å². The van der Waals surface area contributed by atoms with Crippen LogP contribution in [0.3, 0.4) is 0 Å². The molecule has 0 spiro atoms. The van der Waals surface area contributed by atoms with Crippen molar-refractivity contribution in [3.05, 3.63) is 0 Å². The van der Waals surface area contributed by atoms with Crippen molar-refractivity contribution >= 4 is 5.97 Å². The molecular weight excluding hydrogens is 142 g/mol. The minimum atomic E-state index is 0.0576. The maximum Gasteiger partial charge on any atom is 0.311 e. The van der Waals surface area contributed by atoms with E-state index in [0.717, 1.165) is 25.9 Å². The quantitative estimate of drug-likeness (QED) is 0.459. The average molecular weight is 153 g/mol. The van der Waals surface area contributed by atoms with E-state index in [1.807, 2.05) is 0 Å². The van der Waals surface area contributed by atoms with Gasteiger partial charge in [-0.3, -0.25) is 9.69 Å². The average Bonchev–Trinajstić information content (AvgIpc) is 2.53. The minimum absolute atomic E-state index is 0.0576. The van der Waals surface area contributed by atoms with E-state index in [1.54, 1.807) is 0 Å². The third-order valence-corrected chi connectivity index (χ3v) is 3.21. The molecule has 0 aromatic carbocycles. The lowest BCUT2D eigenvalue weighted by Crippen LogP contribution is -2.29. The number of carbonyl (C=O) groups excluding carboxylic acids is 1. The van der Waals surface area contributed by atoms with Gasteiger partial charge in [0.2, 0.25) is 0 Å². The van der Waals surface area contributed by atoms with Gasteiger partial charge in [-0.25, -0.2) is 0 Å². The van der Waals surface area contributed by atoms with Gasteiger partial charge in [0, 0.05) is 6.54 Å². The fraction of sp³-hybridized carbons (Fsp3) is 0.875. The van der Waals surface area contributed by atoms with Gasteiger partial charge in [0.15, 0.2) is 0 Å². The van der Waals surface area contributed by atoms with E-state index in [0.29, 0.717) is 6.04 Å². The summed E-state index contributed by atoms with van der Waals surface area (Å²) >= 11 is 0. The molecule has 3 heteroatoms. The van der Waals surface area contributed by atoms with Crippen molar-refractivity contribution in [2.75, 3.05) is 13.1 Å². The number of nitrogens with zero attached hydrogens (tertiary/aromatic N) is 1. The Balaban J connectivity index is 1.99. The highest BCUT2D eigenvalue weighted by atomic mass is 16.6. The lowest BCUT2D eigenvalue weighted by molar-refractivity contribution is -0.144. The molecule has 3 aliphatic rings. The SMILES string of the molecule is O=C1OC2CCN3CCC1C23. The highest BCUT2D eigenvalue weighted by Gasteiger charge is 2.54. The third-order valence-electron chi connectivity index (χ3n) is 3.21. The van der Waals surface area contributed by atoms with Crippen LogP contribution >= 0.6 is 0 Å². The monoisotopic (exact) mass is 153 g/mol. The highest BCUT2D eigenvalue weighted by Crippen LogP contribution is 2.40. The van der Waals surface area contributed by atoms with Gasteiger partial charge in [-0.05, 0) is 19.4 Å². The fourth-order valence-corrected chi connectivity index (χ4v) is 2.72. The Morgan fingerprint density at radius 2 is 2.18 bits per heavy atom. The van der Waals surface area contributed by atoms with Crippen molar-refractivity contribution in [3.8, 4) is 0 Å². The third kappa shape index (κ3) is 0.601. The minimum Gasteiger partial charge on any atom is -0.460 e. The number of hydrogen-bond acceptors (Lipinski definition) is 3. The lowest BCUT2D eigenvalue weighted by Gasteiger charge is -2.13. The molecule has 3 heterocycles. The summed E-state index contributed by atoms with van der Waals surface area (Å²) < 4.78 is 5.24. The second kappa shape index (κ2) is 1.78. The summed E-state index contributed by atoms with van der Waals surface area (Å²) in [6.07, 6.45) is 2.34. The number of hydrogen-bond donors (Lipinski definition) is 0. The molecule has 0 aromatic rings. The van der Waals surface area contributed by atoms with E-state index in [-0.39, 0.29) is 18.0 Å². The van der Waals surface area contributed by atoms with E-state index in [2.05, 4.69) is 4.90 Å². The van der Waals surface area contributed by atoms with Crippen LogP contribution < -0.4 is 0 Å². The van der Waals surface area contributed by atoms with Gasteiger partial charge in [-0.2, -0.15) is 0 Å². The topological polar surface area (TPSA) is 29.5 Å². The molecule has 11 heavy (non-hydrogen) atoms. The molecule has 3 rings (SSSR count). The predicted molar refractivity (Wildman–Crippen MR) is 38.0 cm³/mol. The van der Waals surface area contributed by atoms with Crippen LogP contribution in [0.25, 0.3) is 0 Å². The smallest absolute Gasteiger partial charge is 0.311 e. The summed E-state index contributed by atoms with van der Waals surface area (Å²) in [7, 11) is 0. The first kappa shape index (κ1) is 6.00. The van der Waals surface area contributed by atoms with Crippen LogP contribution in [0.1, 0.15) is 12.8 Å². The van der Waals surface area contributed by atoms with E-state index >= 15 is 0 Å². The van der Waals surface area contributed by atoms with Gasteiger partial charge in [0.25, 0.3) is 0 Å². The molecule has 3 aliphatic heterocycles. The van der Waals surface area contributed by atoms with Gasteiger partial charge >= 0.3 is 5.97 Å². The second-order valence-corrected chi connectivity index (χ2v) is 3.69. The molecule has 60 valence electrons. The van der Waals surface area contributed by atoms with Gasteiger partial charge in [-0.1, -0.05) is 0 Å². The maximum atomic E-state index is 11.2. The normalized spacial score (nSPS) is 48.0. The van der Waals surface area contributed by atoms with Crippen LogP contribution in [-0.4, -0.2) is 36.1 Å². The first-order chi connectivity index (χ1) is 5.36. The summed E-state index contributed by atoms with van der Waals surface area (Å²) in [5.41, 5.74) is 0. The van der Waals surface area contributed by atoms with Crippen molar-refractivity contribution in [1.82, 2.24) is 4.90 Å².